The van der Waals surface area contributed by atoms with Gasteiger partial charge in [0.1, 0.15) is 18.1 Å². The molecular weight excluding hydrogens is 484 g/mol. The van der Waals surface area contributed by atoms with Gasteiger partial charge in [0, 0.05) is 24.7 Å². The second-order valence-electron chi connectivity index (χ2n) is 8.74. The molecule has 4 unspecified atom stereocenters. The molecule has 3 rings (SSSR count). The van der Waals surface area contributed by atoms with Crippen LogP contribution in [0.2, 0.25) is 0 Å². The summed E-state index contributed by atoms with van der Waals surface area (Å²) in [5.74, 6) is -4.81. The van der Waals surface area contributed by atoms with E-state index in [0.29, 0.717) is 24.2 Å². The maximum absolute atomic E-state index is 13.4. The normalized spacial score (nSPS) is 17.2. The number of imidazole rings is 1. The molecule has 4 atom stereocenters. The summed E-state index contributed by atoms with van der Waals surface area (Å²) in [5, 5.41) is 28.9. The van der Waals surface area contributed by atoms with Crippen LogP contribution in [0, 0.1) is 0 Å². The topological polar surface area (TPSA) is 203 Å². The van der Waals surface area contributed by atoms with E-state index in [2.05, 4.69) is 31.2 Å². The number of H-pyrrole nitrogens is 1. The molecule has 1 aliphatic rings. The molecule has 1 fully saturated rings. The lowest BCUT2D eigenvalue weighted by molar-refractivity contribution is -0.147. The number of amides is 3. The first-order valence-electron chi connectivity index (χ1n) is 11.8. The number of nitrogens with one attached hydrogen (secondary N) is 5. The average Bonchev–Trinajstić information content (AvgIpc) is 3.57. The summed E-state index contributed by atoms with van der Waals surface area (Å²) in [6.45, 7) is 0.690. The lowest BCUT2D eigenvalue weighted by Crippen LogP contribution is -2.58. The van der Waals surface area contributed by atoms with Crippen LogP contribution in [-0.2, 0) is 36.8 Å². The predicted octanol–water partition coefficient (Wildman–Crippen LogP) is -1.04. The van der Waals surface area contributed by atoms with E-state index in [9.17, 15) is 29.1 Å². The van der Waals surface area contributed by atoms with Crippen LogP contribution in [0.5, 0.6) is 0 Å². The number of benzene rings is 1. The van der Waals surface area contributed by atoms with Crippen molar-refractivity contribution in [3.63, 3.8) is 0 Å². The molecule has 1 aliphatic heterocycles. The van der Waals surface area contributed by atoms with Gasteiger partial charge in [-0.05, 0) is 24.9 Å². The first kappa shape index (κ1) is 27.3. The summed E-state index contributed by atoms with van der Waals surface area (Å²) in [6.07, 6.45) is 3.65. The molecule has 1 aromatic heterocycles. The van der Waals surface area contributed by atoms with Crippen LogP contribution in [0.4, 0.5) is 0 Å². The van der Waals surface area contributed by atoms with Crippen molar-refractivity contribution in [1.29, 1.82) is 0 Å². The molecule has 1 aromatic carbocycles. The van der Waals surface area contributed by atoms with Crippen LogP contribution < -0.4 is 21.3 Å². The number of aromatic nitrogens is 2. The molecule has 13 nitrogen and oxygen atoms in total. The van der Waals surface area contributed by atoms with Gasteiger partial charge in [-0.1, -0.05) is 30.3 Å². The van der Waals surface area contributed by atoms with Crippen LogP contribution >= 0.6 is 0 Å². The van der Waals surface area contributed by atoms with Gasteiger partial charge in [-0.3, -0.25) is 19.2 Å². The zero-order chi connectivity index (χ0) is 26.8. The standard InChI is InChI=1S/C24H30N6O7/c31-20(32)11-19(24(36)37)30-22(34)17(9-14-5-2-1-3-6-14)28-23(35)18(10-15-12-25-13-27-15)29-21(33)16-7-4-8-26-16/h1-3,5-6,12-13,16-19,26H,4,7-11H2,(H,25,27)(H,28,35)(H,29,33)(H,30,34)(H,31,32)(H,36,37). The molecule has 3 amide bonds. The van der Waals surface area contributed by atoms with Crippen molar-refractivity contribution in [1.82, 2.24) is 31.2 Å². The van der Waals surface area contributed by atoms with Gasteiger partial charge in [0.15, 0.2) is 0 Å². The van der Waals surface area contributed by atoms with E-state index < -0.39 is 54.3 Å². The van der Waals surface area contributed by atoms with Gasteiger partial charge < -0.3 is 36.5 Å². The fourth-order valence-electron chi connectivity index (χ4n) is 3.98. The third-order valence-electron chi connectivity index (χ3n) is 5.90. The highest BCUT2D eigenvalue weighted by molar-refractivity contribution is 5.95. The first-order valence-corrected chi connectivity index (χ1v) is 11.8. The molecule has 0 bridgehead atoms. The Hall–Kier alpha value is -4.26. The SMILES string of the molecule is O=C(O)CC(NC(=O)C(Cc1ccccc1)NC(=O)C(Cc1cnc[nH]1)NC(=O)C1CCCN1)C(=O)O. The van der Waals surface area contributed by atoms with Gasteiger partial charge in [0.2, 0.25) is 17.7 Å². The highest BCUT2D eigenvalue weighted by atomic mass is 16.4. The molecule has 2 heterocycles. The Labute approximate surface area is 212 Å². The number of hydrogen-bond acceptors (Lipinski definition) is 7. The first-order chi connectivity index (χ1) is 17.7. The molecule has 2 aromatic rings. The summed E-state index contributed by atoms with van der Waals surface area (Å²) < 4.78 is 0. The van der Waals surface area contributed by atoms with Gasteiger partial charge in [-0.15, -0.1) is 0 Å². The van der Waals surface area contributed by atoms with Crippen LogP contribution in [-0.4, -0.2) is 80.6 Å². The molecule has 0 spiro atoms. The number of nitrogens with zero attached hydrogens (tertiary/aromatic N) is 1. The fraction of sp³-hybridized carbons (Fsp3) is 0.417. The second-order valence-corrected chi connectivity index (χ2v) is 8.74. The quantitative estimate of drug-likeness (QED) is 0.174. The predicted molar refractivity (Wildman–Crippen MR) is 129 cm³/mol. The van der Waals surface area contributed by atoms with Gasteiger partial charge in [-0.25, -0.2) is 9.78 Å². The van der Waals surface area contributed by atoms with Crippen molar-refractivity contribution in [2.45, 2.75) is 56.3 Å². The Morgan fingerprint density at radius 1 is 0.946 bits per heavy atom. The van der Waals surface area contributed by atoms with Gasteiger partial charge >= 0.3 is 11.9 Å². The lowest BCUT2D eigenvalue weighted by Gasteiger charge is -2.25. The highest BCUT2D eigenvalue weighted by Gasteiger charge is 2.32. The van der Waals surface area contributed by atoms with Crippen LogP contribution in [0.1, 0.15) is 30.5 Å². The van der Waals surface area contributed by atoms with Crippen molar-refractivity contribution in [2.24, 2.45) is 0 Å². The number of aliphatic carboxylic acids is 2. The number of carboxylic acid groups (broad SMARTS) is 2. The van der Waals surface area contributed by atoms with Crippen molar-refractivity contribution in [3.8, 4) is 0 Å². The van der Waals surface area contributed by atoms with Crippen LogP contribution in [0.25, 0.3) is 0 Å². The Balaban J connectivity index is 1.79. The van der Waals surface area contributed by atoms with E-state index in [-0.39, 0.29) is 18.7 Å². The number of rotatable bonds is 13. The molecule has 13 heteroatoms. The van der Waals surface area contributed by atoms with Gasteiger partial charge in [0.05, 0.1) is 18.8 Å². The van der Waals surface area contributed by atoms with Crippen LogP contribution in [0.3, 0.4) is 0 Å². The smallest absolute Gasteiger partial charge is 0.326 e. The van der Waals surface area contributed by atoms with Crippen molar-refractivity contribution in [3.05, 3.63) is 54.1 Å². The molecule has 0 radical (unpaired) electrons. The molecule has 198 valence electrons. The fourth-order valence-corrected chi connectivity index (χ4v) is 3.98. The molecular formula is C24H30N6O7. The molecule has 37 heavy (non-hydrogen) atoms. The Kier molecular flexibility index (Phi) is 9.72. The molecule has 7 N–H and O–H groups in total. The summed E-state index contributed by atoms with van der Waals surface area (Å²) in [7, 11) is 0. The van der Waals surface area contributed by atoms with Crippen molar-refractivity contribution in [2.75, 3.05) is 6.54 Å². The lowest BCUT2D eigenvalue weighted by atomic mass is 10.0. The molecule has 0 aliphatic carbocycles. The van der Waals surface area contributed by atoms with E-state index in [4.69, 9.17) is 5.11 Å². The number of carbonyl (C=O) groups excluding carboxylic acids is 3. The summed E-state index contributed by atoms with van der Waals surface area (Å²) >= 11 is 0. The van der Waals surface area contributed by atoms with Crippen molar-refractivity contribution < 1.29 is 34.2 Å². The zero-order valence-electron chi connectivity index (χ0n) is 20.0. The average molecular weight is 515 g/mol. The summed E-state index contributed by atoms with van der Waals surface area (Å²) in [4.78, 5) is 68.5. The zero-order valence-corrected chi connectivity index (χ0v) is 20.0. The van der Waals surface area contributed by atoms with Gasteiger partial charge in [-0.2, -0.15) is 0 Å². The third kappa shape index (κ3) is 8.42. The molecule has 1 saturated heterocycles. The summed E-state index contributed by atoms with van der Waals surface area (Å²) in [6, 6.07) is 4.30. The highest BCUT2D eigenvalue weighted by Crippen LogP contribution is 2.09. The number of hydrogen-bond donors (Lipinski definition) is 7. The monoisotopic (exact) mass is 514 g/mol. The minimum Gasteiger partial charge on any atom is -0.481 e. The second kappa shape index (κ2) is 13.2. The maximum Gasteiger partial charge on any atom is 0.326 e. The summed E-state index contributed by atoms with van der Waals surface area (Å²) in [5.41, 5.74) is 1.26. The van der Waals surface area contributed by atoms with Crippen LogP contribution in [0.15, 0.2) is 42.9 Å². The number of carbonyl (C=O) groups is 5. The third-order valence-corrected chi connectivity index (χ3v) is 5.90. The Bertz CT molecular complexity index is 1090. The van der Waals surface area contributed by atoms with E-state index in [0.717, 1.165) is 6.42 Å². The maximum atomic E-state index is 13.4. The minimum absolute atomic E-state index is 0.00667. The van der Waals surface area contributed by atoms with E-state index in [1.165, 1.54) is 12.5 Å². The van der Waals surface area contributed by atoms with E-state index in [1.807, 2.05) is 0 Å². The number of carboxylic acids is 2. The van der Waals surface area contributed by atoms with Crippen molar-refractivity contribution >= 4 is 29.7 Å². The number of aromatic amines is 1. The van der Waals surface area contributed by atoms with Gasteiger partial charge in [0.25, 0.3) is 0 Å². The van der Waals surface area contributed by atoms with E-state index >= 15 is 0 Å². The Morgan fingerprint density at radius 3 is 2.19 bits per heavy atom. The van der Waals surface area contributed by atoms with E-state index in [1.54, 1.807) is 30.3 Å². The molecule has 0 saturated carbocycles. The Morgan fingerprint density at radius 2 is 1.62 bits per heavy atom. The largest absolute Gasteiger partial charge is 0.481 e. The minimum atomic E-state index is -1.69.